The first-order valence-corrected chi connectivity index (χ1v) is 7.35. The summed E-state index contributed by atoms with van der Waals surface area (Å²) < 4.78 is 2.11. The normalized spacial score (nSPS) is 11.9. The van der Waals surface area contributed by atoms with Crippen molar-refractivity contribution in [3.63, 3.8) is 0 Å². The van der Waals surface area contributed by atoms with Crippen LogP contribution in [0.4, 0.5) is 0 Å². The minimum absolute atomic E-state index is 0.0172. The molecule has 0 saturated heterocycles. The highest BCUT2D eigenvalue weighted by molar-refractivity contribution is 7.99. The van der Waals surface area contributed by atoms with Gasteiger partial charge in [-0.25, -0.2) is 0 Å². The number of aromatic amines is 1. The molecule has 0 radical (unpaired) electrons. The molecular weight excluding hydrogens is 264 g/mol. The Labute approximate surface area is 115 Å². The molecule has 18 heavy (non-hydrogen) atoms. The zero-order valence-electron chi connectivity index (χ0n) is 10.7. The summed E-state index contributed by atoms with van der Waals surface area (Å²) in [6.07, 6.45) is 2.04. The third-order valence-corrected chi connectivity index (χ3v) is 4.54. The molecule has 0 bridgehead atoms. The Balaban J connectivity index is 2.66. The van der Waals surface area contributed by atoms with Crippen LogP contribution in [0.1, 0.15) is 13.8 Å². The van der Waals surface area contributed by atoms with Gasteiger partial charge in [0.05, 0.1) is 10.9 Å². The summed E-state index contributed by atoms with van der Waals surface area (Å²) in [7, 11) is 0. The number of aromatic nitrogens is 2. The van der Waals surface area contributed by atoms with E-state index in [-0.39, 0.29) is 10.3 Å². The van der Waals surface area contributed by atoms with E-state index in [0.29, 0.717) is 16.7 Å². The first-order chi connectivity index (χ1) is 8.44. The van der Waals surface area contributed by atoms with Crippen molar-refractivity contribution in [1.82, 2.24) is 9.55 Å². The van der Waals surface area contributed by atoms with Crippen molar-refractivity contribution < 1.29 is 0 Å². The molecular formula is C13H16N2OS2. The average molecular weight is 280 g/mol. The molecule has 1 aromatic heterocycles. The van der Waals surface area contributed by atoms with Gasteiger partial charge < -0.3 is 4.98 Å². The van der Waals surface area contributed by atoms with E-state index < -0.39 is 0 Å². The van der Waals surface area contributed by atoms with Crippen LogP contribution in [0.15, 0.2) is 29.1 Å². The van der Waals surface area contributed by atoms with Crippen molar-refractivity contribution >= 4 is 34.9 Å². The monoisotopic (exact) mass is 280 g/mol. The number of hydrogen-bond donors (Lipinski definition) is 1. The lowest BCUT2D eigenvalue weighted by atomic mass is 10.2. The molecule has 0 aliphatic rings. The first kappa shape index (κ1) is 13.4. The van der Waals surface area contributed by atoms with E-state index >= 15 is 0 Å². The van der Waals surface area contributed by atoms with E-state index in [9.17, 15) is 4.79 Å². The van der Waals surface area contributed by atoms with Gasteiger partial charge in [-0.3, -0.25) is 9.36 Å². The van der Waals surface area contributed by atoms with Gasteiger partial charge >= 0.3 is 0 Å². The number of nitrogens with zero attached hydrogens (tertiary/aromatic N) is 1. The second-order valence-corrected chi connectivity index (χ2v) is 6.73. The molecule has 3 nitrogen and oxygen atoms in total. The average Bonchev–Trinajstić information content (AvgIpc) is 2.34. The van der Waals surface area contributed by atoms with Crippen LogP contribution >= 0.6 is 24.0 Å². The summed E-state index contributed by atoms with van der Waals surface area (Å²) >= 11 is 7.01. The number of para-hydroxylation sites is 1. The van der Waals surface area contributed by atoms with Gasteiger partial charge in [0.2, 0.25) is 0 Å². The standard InChI is InChI=1S/C13H16N2OS2/c1-13(2,18-3)8-15-11(16)9-6-4-5-7-10(9)14-12(15)17/h4-7H,8H2,1-3H3,(H,14,17). The van der Waals surface area contributed by atoms with Crippen LogP contribution in [0.25, 0.3) is 10.9 Å². The van der Waals surface area contributed by atoms with Crippen LogP contribution in [0, 0.1) is 4.77 Å². The highest BCUT2D eigenvalue weighted by Crippen LogP contribution is 2.23. The van der Waals surface area contributed by atoms with Gasteiger partial charge in [-0.1, -0.05) is 12.1 Å². The van der Waals surface area contributed by atoms with E-state index in [1.807, 2.05) is 30.5 Å². The van der Waals surface area contributed by atoms with E-state index in [0.717, 1.165) is 5.52 Å². The van der Waals surface area contributed by atoms with E-state index in [2.05, 4.69) is 18.8 Å². The van der Waals surface area contributed by atoms with Crippen molar-refractivity contribution in [3.05, 3.63) is 39.4 Å². The SMILES string of the molecule is CSC(C)(C)Cn1c(=S)[nH]c2ccccc2c1=O. The predicted molar refractivity (Wildman–Crippen MR) is 81.0 cm³/mol. The molecule has 0 fully saturated rings. The fourth-order valence-corrected chi connectivity index (χ4v) is 2.30. The maximum absolute atomic E-state index is 12.4. The Hall–Kier alpha value is -1.07. The maximum Gasteiger partial charge on any atom is 0.262 e. The predicted octanol–water partition coefficient (Wildman–Crippen LogP) is 3.20. The fourth-order valence-electron chi connectivity index (χ4n) is 1.79. The van der Waals surface area contributed by atoms with Crippen molar-refractivity contribution in [2.24, 2.45) is 0 Å². The van der Waals surface area contributed by atoms with Crippen molar-refractivity contribution in [2.45, 2.75) is 25.1 Å². The number of hydrogen-bond acceptors (Lipinski definition) is 3. The number of nitrogens with one attached hydrogen (secondary N) is 1. The van der Waals surface area contributed by atoms with E-state index in [1.54, 1.807) is 16.3 Å². The topological polar surface area (TPSA) is 37.8 Å². The molecule has 0 saturated carbocycles. The quantitative estimate of drug-likeness (QED) is 0.877. The Morgan fingerprint density at radius 2 is 2.06 bits per heavy atom. The van der Waals surface area contributed by atoms with Crippen molar-refractivity contribution in [3.8, 4) is 0 Å². The Morgan fingerprint density at radius 3 is 2.72 bits per heavy atom. The van der Waals surface area contributed by atoms with Gasteiger partial charge in [0.25, 0.3) is 5.56 Å². The summed E-state index contributed by atoms with van der Waals surface area (Å²) in [6.45, 7) is 4.81. The van der Waals surface area contributed by atoms with Crippen LogP contribution in [0.5, 0.6) is 0 Å². The van der Waals surface area contributed by atoms with Crippen LogP contribution in [-0.4, -0.2) is 20.6 Å². The lowest BCUT2D eigenvalue weighted by Crippen LogP contribution is -2.31. The summed E-state index contributed by atoms with van der Waals surface area (Å²) in [5.41, 5.74) is 0.780. The molecule has 2 aromatic rings. The molecule has 1 N–H and O–H groups in total. The number of fused-ring (bicyclic) bond motifs is 1. The third kappa shape index (κ3) is 2.52. The van der Waals surface area contributed by atoms with Crippen molar-refractivity contribution in [1.29, 1.82) is 0 Å². The van der Waals surface area contributed by atoms with Gasteiger partial charge in [0.1, 0.15) is 0 Å². The molecule has 96 valence electrons. The summed E-state index contributed by atoms with van der Waals surface area (Å²) in [4.78, 5) is 15.5. The largest absolute Gasteiger partial charge is 0.332 e. The highest BCUT2D eigenvalue weighted by Gasteiger charge is 2.18. The lowest BCUT2D eigenvalue weighted by Gasteiger charge is -2.23. The molecule has 0 atom stereocenters. The number of H-pyrrole nitrogens is 1. The van der Waals surface area contributed by atoms with Crippen LogP contribution in [0.2, 0.25) is 0 Å². The summed E-state index contributed by atoms with van der Waals surface area (Å²) in [5, 5.41) is 0.683. The number of thioether (sulfide) groups is 1. The Kier molecular flexibility index (Phi) is 3.64. The molecule has 1 aromatic carbocycles. The molecule has 5 heteroatoms. The van der Waals surface area contributed by atoms with Crippen LogP contribution in [0.3, 0.4) is 0 Å². The van der Waals surface area contributed by atoms with Gasteiger partial charge in [0.15, 0.2) is 4.77 Å². The minimum atomic E-state index is -0.0202. The van der Waals surface area contributed by atoms with Crippen molar-refractivity contribution in [2.75, 3.05) is 6.26 Å². The summed E-state index contributed by atoms with van der Waals surface area (Å²) in [6, 6.07) is 7.45. The minimum Gasteiger partial charge on any atom is -0.332 e. The number of benzene rings is 1. The molecule has 1 heterocycles. The number of rotatable bonds is 3. The molecule has 0 aliphatic carbocycles. The highest BCUT2D eigenvalue weighted by atomic mass is 32.2. The Morgan fingerprint density at radius 1 is 1.39 bits per heavy atom. The van der Waals surface area contributed by atoms with Gasteiger partial charge in [-0.2, -0.15) is 11.8 Å². The molecule has 0 unspecified atom stereocenters. The smallest absolute Gasteiger partial charge is 0.262 e. The van der Waals surface area contributed by atoms with E-state index in [1.165, 1.54) is 0 Å². The fraction of sp³-hybridized carbons (Fsp3) is 0.385. The molecule has 0 amide bonds. The third-order valence-electron chi connectivity index (χ3n) is 2.98. The zero-order valence-corrected chi connectivity index (χ0v) is 12.3. The van der Waals surface area contributed by atoms with Crippen LogP contribution < -0.4 is 5.56 Å². The van der Waals surface area contributed by atoms with Gasteiger partial charge in [-0.15, -0.1) is 0 Å². The molecule has 0 aliphatic heterocycles. The van der Waals surface area contributed by atoms with E-state index in [4.69, 9.17) is 12.2 Å². The van der Waals surface area contributed by atoms with Gasteiger partial charge in [-0.05, 0) is 44.5 Å². The van der Waals surface area contributed by atoms with Gasteiger partial charge in [0, 0.05) is 11.3 Å². The first-order valence-electron chi connectivity index (χ1n) is 5.71. The Bertz CT molecular complexity index is 685. The second kappa shape index (κ2) is 4.90. The molecule has 2 rings (SSSR count). The zero-order chi connectivity index (χ0) is 13.3. The van der Waals surface area contributed by atoms with Crippen LogP contribution in [-0.2, 0) is 6.54 Å². The maximum atomic E-state index is 12.4. The lowest BCUT2D eigenvalue weighted by molar-refractivity contribution is 0.544. The summed E-state index contributed by atoms with van der Waals surface area (Å²) in [5.74, 6) is 0. The second-order valence-electron chi connectivity index (χ2n) is 4.83. The molecule has 0 spiro atoms.